The lowest BCUT2D eigenvalue weighted by Crippen LogP contribution is -2.50. The Morgan fingerprint density at radius 1 is 1.26 bits per heavy atom. The molecule has 0 aromatic heterocycles. The molecule has 3 fully saturated rings. The number of rotatable bonds is 7. The third-order valence-electron chi connectivity index (χ3n) is 4.66. The van der Waals surface area contributed by atoms with Crippen LogP contribution in [0.5, 0.6) is 0 Å². The average molecular weight is 265 g/mol. The van der Waals surface area contributed by atoms with Gasteiger partial charge in [-0.2, -0.15) is 0 Å². The Bertz CT molecular complexity index is 319. The van der Waals surface area contributed by atoms with Crippen LogP contribution in [0.3, 0.4) is 0 Å². The molecule has 2 atom stereocenters. The Morgan fingerprint density at radius 3 is 2.63 bits per heavy atom. The van der Waals surface area contributed by atoms with Crippen LogP contribution in [0.1, 0.15) is 45.4 Å². The van der Waals surface area contributed by atoms with Gasteiger partial charge in [0.05, 0.1) is 6.04 Å². The molecule has 2 N–H and O–H groups in total. The molecular formula is C15H27N3O. The number of hydrogen-bond donors (Lipinski definition) is 2. The first-order chi connectivity index (χ1) is 9.22. The topological polar surface area (TPSA) is 44.4 Å². The first-order valence-corrected chi connectivity index (χ1v) is 8.00. The van der Waals surface area contributed by atoms with Gasteiger partial charge in [0, 0.05) is 25.2 Å². The van der Waals surface area contributed by atoms with E-state index in [1.54, 1.807) is 0 Å². The fourth-order valence-electron chi connectivity index (χ4n) is 2.93. The van der Waals surface area contributed by atoms with Crippen molar-refractivity contribution < 1.29 is 4.79 Å². The minimum atomic E-state index is 0.0311. The molecule has 0 aromatic rings. The van der Waals surface area contributed by atoms with Crippen molar-refractivity contribution in [3.8, 4) is 0 Å². The quantitative estimate of drug-likeness (QED) is 0.725. The van der Waals surface area contributed by atoms with Crippen molar-refractivity contribution in [2.24, 2.45) is 5.92 Å². The lowest BCUT2D eigenvalue weighted by atomic mass is 10.1. The second-order valence-electron chi connectivity index (χ2n) is 6.65. The van der Waals surface area contributed by atoms with Crippen LogP contribution in [-0.2, 0) is 4.79 Å². The van der Waals surface area contributed by atoms with Gasteiger partial charge in [-0.1, -0.05) is 0 Å². The van der Waals surface area contributed by atoms with E-state index < -0.39 is 0 Å². The molecule has 0 aromatic carbocycles. The summed E-state index contributed by atoms with van der Waals surface area (Å²) in [6, 6.07) is 1.10. The highest BCUT2D eigenvalue weighted by Gasteiger charge is 2.33. The fourth-order valence-corrected chi connectivity index (χ4v) is 2.93. The van der Waals surface area contributed by atoms with Gasteiger partial charge in [-0.05, 0) is 57.9 Å². The Balaban J connectivity index is 1.53. The normalized spacial score (nSPS) is 28.6. The Hall–Kier alpha value is -0.610. The van der Waals surface area contributed by atoms with E-state index in [-0.39, 0.29) is 11.9 Å². The second-order valence-corrected chi connectivity index (χ2v) is 6.65. The van der Waals surface area contributed by atoms with Crippen molar-refractivity contribution in [1.82, 2.24) is 15.5 Å². The van der Waals surface area contributed by atoms with Crippen LogP contribution < -0.4 is 10.6 Å². The van der Waals surface area contributed by atoms with Crippen LogP contribution in [0, 0.1) is 5.92 Å². The molecule has 3 rings (SSSR count). The lowest BCUT2D eigenvalue weighted by molar-refractivity contribution is -0.126. The standard InChI is InChI=1S/C15H27N3O/c1-11(15(19)17-13-6-7-13)18(9-12-4-5-12)10-14-3-2-8-16-14/h11-14,16H,2-10H2,1H3,(H,17,19). The molecule has 1 heterocycles. The largest absolute Gasteiger partial charge is 0.352 e. The summed E-state index contributed by atoms with van der Waals surface area (Å²) in [5.74, 6) is 1.08. The van der Waals surface area contributed by atoms with Gasteiger partial charge in [0.1, 0.15) is 0 Å². The summed E-state index contributed by atoms with van der Waals surface area (Å²) in [7, 11) is 0. The first kappa shape index (κ1) is 13.4. The third-order valence-corrected chi connectivity index (χ3v) is 4.66. The highest BCUT2D eigenvalue weighted by Crippen LogP contribution is 2.30. The maximum Gasteiger partial charge on any atom is 0.237 e. The summed E-state index contributed by atoms with van der Waals surface area (Å²) in [6.07, 6.45) is 7.59. The zero-order valence-corrected chi connectivity index (χ0v) is 12.0. The summed E-state index contributed by atoms with van der Waals surface area (Å²) >= 11 is 0. The maximum absolute atomic E-state index is 12.2. The zero-order chi connectivity index (χ0) is 13.2. The summed E-state index contributed by atoms with van der Waals surface area (Å²) in [5, 5.41) is 6.71. The minimum absolute atomic E-state index is 0.0311. The third kappa shape index (κ3) is 3.93. The van der Waals surface area contributed by atoms with Gasteiger partial charge in [0.2, 0.25) is 5.91 Å². The van der Waals surface area contributed by atoms with Gasteiger partial charge in [0.15, 0.2) is 0 Å². The van der Waals surface area contributed by atoms with Gasteiger partial charge < -0.3 is 10.6 Å². The van der Waals surface area contributed by atoms with E-state index in [2.05, 4.69) is 22.5 Å². The van der Waals surface area contributed by atoms with Crippen LogP contribution in [-0.4, -0.2) is 48.6 Å². The van der Waals surface area contributed by atoms with E-state index in [1.165, 1.54) is 38.5 Å². The van der Waals surface area contributed by atoms with Crippen LogP contribution in [0.2, 0.25) is 0 Å². The van der Waals surface area contributed by atoms with Crippen LogP contribution in [0.4, 0.5) is 0 Å². The van der Waals surface area contributed by atoms with Crippen molar-refractivity contribution in [2.75, 3.05) is 19.6 Å². The number of nitrogens with one attached hydrogen (secondary N) is 2. The van der Waals surface area contributed by atoms with E-state index in [4.69, 9.17) is 0 Å². The first-order valence-electron chi connectivity index (χ1n) is 8.00. The number of hydrogen-bond acceptors (Lipinski definition) is 3. The van der Waals surface area contributed by atoms with E-state index in [0.29, 0.717) is 12.1 Å². The number of carbonyl (C=O) groups is 1. The molecule has 1 aliphatic heterocycles. The van der Waals surface area contributed by atoms with Crippen LogP contribution >= 0.6 is 0 Å². The predicted octanol–water partition coefficient (Wildman–Crippen LogP) is 1.12. The number of nitrogens with zero attached hydrogens (tertiary/aromatic N) is 1. The molecule has 4 heteroatoms. The summed E-state index contributed by atoms with van der Waals surface area (Å²) < 4.78 is 0. The summed E-state index contributed by atoms with van der Waals surface area (Å²) in [5.41, 5.74) is 0. The van der Waals surface area contributed by atoms with Crippen molar-refractivity contribution in [3.05, 3.63) is 0 Å². The summed E-state index contributed by atoms with van der Waals surface area (Å²) in [6.45, 7) is 5.37. The van der Waals surface area contributed by atoms with E-state index >= 15 is 0 Å². The van der Waals surface area contributed by atoms with E-state index in [9.17, 15) is 4.79 Å². The SMILES string of the molecule is CC(C(=O)NC1CC1)N(CC1CC1)CC1CCCN1. The minimum Gasteiger partial charge on any atom is -0.352 e. The van der Waals surface area contributed by atoms with Crippen molar-refractivity contribution in [3.63, 3.8) is 0 Å². The average Bonchev–Trinajstić information content (AvgIpc) is 3.31. The predicted molar refractivity (Wildman–Crippen MR) is 75.9 cm³/mol. The van der Waals surface area contributed by atoms with E-state index in [0.717, 1.165) is 25.6 Å². The maximum atomic E-state index is 12.2. The smallest absolute Gasteiger partial charge is 0.237 e. The van der Waals surface area contributed by atoms with Gasteiger partial charge in [-0.3, -0.25) is 9.69 Å². The Labute approximate surface area is 116 Å². The van der Waals surface area contributed by atoms with Crippen molar-refractivity contribution in [2.45, 2.75) is 63.6 Å². The molecule has 0 radical (unpaired) electrons. The molecule has 0 bridgehead atoms. The molecule has 19 heavy (non-hydrogen) atoms. The highest BCUT2D eigenvalue weighted by atomic mass is 16.2. The van der Waals surface area contributed by atoms with E-state index in [1.807, 2.05) is 0 Å². The molecule has 1 saturated heterocycles. The van der Waals surface area contributed by atoms with Gasteiger partial charge in [-0.15, -0.1) is 0 Å². The van der Waals surface area contributed by atoms with Gasteiger partial charge in [-0.25, -0.2) is 0 Å². The molecular weight excluding hydrogens is 238 g/mol. The molecule has 2 unspecified atom stereocenters. The molecule has 2 saturated carbocycles. The fraction of sp³-hybridized carbons (Fsp3) is 0.933. The van der Waals surface area contributed by atoms with Gasteiger partial charge in [0.25, 0.3) is 0 Å². The zero-order valence-electron chi connectivity index (χ0n) is 12.0. The number of carbonyl (C=O) groups excluding carboxylic acids is 1. The van der Waals surface area contributed by atoms with Crippen LogP contribution in [0.25, 0.3) is 0 Å². The Kier molecular flexibility index (Phi) is 4.08. The molecule has 2 aliphatic carbocycles. The van der Waals surface area contributed by atoms with Crippen LogP contribution in [0.15, 0.2) is 0 Å². The second kappa shape index (κ2) is 5.80. The molecule has 1 amide bonds. The monoisotopic (exact) mass is 265 g/mol. The number of amides is 1. The molecule has 108 valence electrons. The van der Waals surface area contributed by atoms with Gasteiger partial charge >= 0.3 is 0 Å². The molecule has 0 spiro atoms. The molecule has 4 nitrogen and oxygen atoms in total. The van der Waals surface area contributed by atoms with Crippen molar-refractivity contribution >= 4 is 5.91 Å². The Morgan fingerprint density at radius 2 is 2.05 bits per heavy atom. The highest BCUT2D eigenvalue weighted by molar-refractivity contribution is 5.81. The summed E-state index contributed by atoms with van der Waals surface area (Å²) in [4.78, 5) is 14.7. The lowest BCUT2D eigenvalue weighted by Gasteiger charge is -2.30. The van der Waals surface area contributed by atoms with Crippen molar-refractivity contribution in [1.29, 1.82) is 0 Å². The molecule has 3 aliphatic rings.